The molecule has 0 amide bonds. The molecule has 0 aromatic heterocycles. The minimum absolute atomic E-state index is 0.101. The number of rotatable bonds is 10. The van der Waals surface area contributed by atoms with Crippen LogP contribution in [0.25, 0.3) is 10.8 Å². The number of nitrogens with zero attached hydrogens (tertiary/aromatic N) is 1. The van der Waals surface area contributed by atoms with Crippen molar-refractivity contribution in [3.63, 3.8) is 0 Å². The fourth-order valence-corrected chi connectivity index (χ4v) is 3.95. The summed E-state index contributed by atoms with van der Waals surface area (Å²) < 4.78 is 17.3. The summed E-state index contributed by atoms with van der Waals surface area (Å²) in [5.74, 6) is 1.92. The maximum absolute atomic E-state index is 9.86. The van der Waals surface area contributed by atoms with Gasteiger partial charge in [0.25, 0.3) is 0 Å². The zero-order valence-corrected chi connectivity index (χ0v) is 18.3. The second-order valence-corrected chi connectivity index (χ2v) is 8.00. The first kappa shape index (κ1) is 22.4. The quantitative estimate of drug-likeness (QED) is 0.472. The van der Waals surface area contributed by atoms with Crippen LogP contribution in [0.1, 0.15) is 17.5 Å². The molecule has 4 rings (SSSR count). The smallest absolute Gasteiger partial charge is 0.123 e. The summed E-state index contributed by atoms with van der Waals surface area (Å²) >= 11 is 0. The first-order valence-corrected chi connectivity index (χ1v) is 11.2. The highest BCUT2D eigenvalue weighted by Crippen LogP contribution is 2.32. The van der Waals surface area contributed by atoms with E-state index < -0.39 is 0 Å². The molecular weight excluding hydrogens is 406 g/mol. The summed E-state index contributed by atoms with van der Waals surface area (Å²) in [5, 5.41) is 21.0. The number of hydrogen-bond donors (Lipinski definition) is 2. The molecule has 1 aliphatic rings. The normalized spacial score (nSPS) is 14.5. The standard InChI is InChI=1S/C26H31NO5/c28-13-1-14-32-26-9-4-21-19-22(29)5-8-24(21)25(26)18-20-2-6-23(7-3-20)31-17-12-27-10-15-30-16-11-27/h2-9,19,28-29H,1,10-18H2. The molecule has 1 heterocycles. The molecule has 0 atom stereocenters. The van der Waals surface area contributed by atoms with Crippen molar-refractivity contribution in [2.45, 2.75) is 12.8 Å². The van der Waals surface area contributed by atoms with Gasteiger partial charge in [0, 0.05) is 44.6 Å². The Kier molecular flexibility index (Phi) is 7.82. The third-order valence-electron chi connectivity index (χ3n) is 5.72. The van der Waals surface area contributed by atoms with Crippen LogP contribution in [-0.4, -0.2) is 67.8 Å². The Bertz CT molecular complexity index is 999. The average Bonchev–Trinajstić information content (AvgIpc) is 2.82. The zero-order chi connectivity index (χ0) is 22.2. The molecule has 170 valence electrons. The summed E-state index contributed by atoms with van der Waals surface area (Å²) in [6, 6.07) is 17.5. The monoisotopic (exact) mass is 437 g/mol. The van der Waals surface area contributed by atoms with Crippen LogP contribution >= 0.6 is 0 Å². The lowest BCUT2D eigenvalue weighted by Crippen LogP contribution is -2.38. The largest absolute Gasteiger partial charge is 0.508 e. The van der Waals surface area contributed by atoms with Gasteiger partial charge in [0.05, 0.1) is 19.8 Å². The van der Waals surface area contributed by atoms with E-state index >= 15 is 0 Å². The van der Waals surface area contributed by atoms with E-state index in [1.807, 2.05) is 30.3 Å². The SMILES string of the molecule is OCCCOc1ccc2cc(O)ccc2c1Cc1ccc(OCCN2CCOCC2)cc1. The summed E-state index contributed by atoms with van der Waals surface area (Å²) in [6.07, 6.45) is 1.29. The topological polar surface area (TPSA) is 71.4 Å². The lowest BCUT2D eigenvalue weighted by atomic mass is 9.97. The van der Waals surface area contributed by atoms with Crippen LogP contribution in [0.3, 0.4) is 0 Å². The highest BCUT2D eigenvalue weighted by atomic mass is 16.5. The van der Waals surface area contributed by atoms with E-state index in [0.29, 0.717) is 26.1 Å². The van der Waals surface area contributed by atoms with Crippen LogP contribution in [0.4, 0.5) is 0 Å². The third kappa shape index (κ3) is 5.91. The predicted molar refractivity (Wildman–Crippen MR) is 125 cm³/mol. The summed E-state index contributed by atoms with van der Waals surface area (Å²) in [6.45, 7) is 5.66. The molecule has 32 heavy (non-hydrogen) atoms. The molecule has 0 radical (unpaired) electrons. The van der Waals surface area contributed by atoms with Crippen LogP contribution in [0, 0.1) is 0 Å². The lowest BCUT2D eigenvalue weighted by Gasteiger charge is -2.26. The summed E-state index contributed by atoms with van der Waals surface area (Å²) in [4.78, 5) is 2.36. The zero-order valence-electron chi connectivity index (χ0n) is 18.3. The number of phenolic OH excluding ortho intramolecular Hbond substituents is 1. The van der Waals surface area contributed by atoms with Gasteiger partial charge in [-0.1, -0.05) is 24.3 Å². The molecule has 3 aromatic rings. The maximum Gasteiger partial charge on any atom is 0.123 e. The predicted octanol–water partition coefficient (Wildman–Crippen LogP) is 3.61. The van der Waals surface area contributed by atoms with Crippen LogP contribution in [0.5, 0.6) is 17.2 Å². The maximum atomic E-state index is 9.86. The van der Waals surface area contributed by atoms with Gasteiger partial charge < -0.3 is 24.4 Å². The number of benzene rings is 3. The molecule has 0 aliphatic carbocycles. The minimum atomic E-state index is 0.101. The van der Waals surface area contributed by atoms with E-state index in [9.17, 15) is 5.11 Å². The highest BCUT2D eigenvalue weighted by Gasteiger charge is 2.12. The van der Waals surface area contributed by atoms with Crippen molar-refractivity contribution < 1.29 is 24.4 Å². The van der Waals surface area contributed by atoms with Crippen LogP contribution in [0.15, 0.2) is 54.6 Å². The number of ether oxygens (including phenoxy) is 3. The number of morpholine rings is 1. The first-order valence-electron chi connectivity index (χ1n) is 11.2. The van der Waals surface area contributed by atoms with Crippen molar-refractivity contribution in [3.05, 3.63) is 65.7 Å². The fraction of sp³-hybridized carbons (Fsp3) is 0.385. The number of aliphatic hydroxyl groups is 1. The second kappa shape index (κ2) is 11.2. The Morgan fingerprint density at radius 2 is 1.72 bits per heavy atom. The first-order chi connectivity index (χ1) is 15.7. The molecule has 3 aromatic carbocycles. The van der Waals surface area contributed by atoms with Gasteiger partial charge in [-0.2, -0.15) is 0 Å². The van der Waals surface area contributed by atoms with Crippen molar-refractivity contribution in [1.82, 2.24) is 4.90 Å². The van der Waals surface area contributed by atoms with Crippen LogP contribution < -0.4 is 9.47 Å². The highest BCUT2D eigenvalue weighted by molar-refractivity contribution is 5.89. The van der Waals surface area contributed by atoms with Crippen molar-refractivity contribution in [1.29, 1.82) is 0 Å². The van der Waals surface area contributed by atoms with E-state index in [1.54, 1.807) is 12.1 Å². The van der Waals surface area contributed by atoms with Gasteiger partial charge in [-0.15, -0.1) is 0 Å². The number of phenols is 1. The van der Waals surface area contributed by atoms with Crippen molar-refractivity contribution in [2.75, 3.05) is 52.7 Å². The van der Waals surface area contributed by atoms with E-state index in [4.69, 9.17) is 19.3 Å². The van der Waals surface area contributed by atoms with Gasteiger partial charge in [-0.05, 0) is 46.7 Å². The van der Waals surface area contributed by atoms with Gasteiger partial charge >= 0.3 is 0 Å². The molecular formula is C26H31NO5. The molecule has 0 bridgehead atoms. The summed E-state index contributed by atoms with van der Waals surface area (Å²) in [5.41, 5.74) is 2.22. The van der Waals surface area contributed by atoms with E-state index in [2.05, 4.69) is 17.0 Å². The van der Waals surface area contributed by atoms with Gasteiger partial charge in [0.1, 0.15) is 23.9 Å². The number of fused-ring (bicyclic) bond motifs is 1. The Labute approximate surface area is 189 Å². The Hall–Kier alpha value is -2.80. The lowest BCUT2D eigenvalue weighted by molar-refractivity contribution is 0.0322. The van der Waals surface area contributed by atoms with Gasteiger partial charge in [0.15, 0.2) is 0 Å². The second-order valence-electron chi connectivity index (χ2n) is 8.00. The Morgan fingerprint density at radius 1 is 0.906 bits per heavy atom. The van der Waals surface area contributed by atoms with Gasteiger partial charge in [-0.3, -0.25) is 4.90 Å². The van der Waals surface area contributed by atoms with E-state index in [0.717, 1.165) is 66.2 Å². The molecule has 0 spiro atoms. The molecule has 6 heteroatoms. The Balaban J connectivity index is 1.44. The molecule has 6 nitrogen and oxygen atoms in total. The van der Waals surface area contributed by atoms with Gasteiger partial charge in [0.2, 0.25) is 0 Å². The molecule has 1 saturated heterocycles. The summed E-state index contributed by atoms with van der Waals surface area (Å²) in [7, 11) is 0. The Morgan fingerprint density at radius 3 is 2.50 bits per heavy atom. The molecule has 1 aliphatic heterocycles. The van der Waals surface area contributed by atoms with Crippen LogP contribution in [0.2, 0.25) is 0 Å². The fourth-order valence-electron chi connectivity index (χ4n) is 3.95. The van der Waals surface area contributed by atoms with Gasteiger partial charge in [-0.25, -0.2) is 0 Å². The van der Waals surface area contributed by atoms with E-state index in [-0.39, 0.29) is 12.4 Å². The number of aromatic hydroxyl groups is 1. The molecule has 1 fully saturated rings. The average molecular weight is 438 g/mol. The molecule has 0 unspecified atom stereocenters. The molecule has 2 N–H and O–H groups in total. The van der Waals surface area contributed by atoms with Crippen molar-refractivity contribution >= 4 is 10.8 Å². The van der Waals surface area contributed by atoms with Crippen molar-refractivity contribution in [3.8, 4) is 17.2 Å². The molecule has 0 saturated carbocycles. The number of aliphatic hydroxyl groups excluding tert-OH is 1. The van der Waals surface area contributed by atoms with Crippen molar-refractivity contribution in [2.24, 2.45) is 0 Å². The van der Waals surface area contributed by atoms with E-state index in [1.165, 1.54) is 0 Å². The van der Waals surface area contributed by atoms with Crippen LogP contribution in [-0.2, 0) is 11.2 Å². The minimum Gasteiger partial charge on any atom is -0.508 e. The number of hydrogen-bond acceptors (Lipinski definition) is 6. The third-order valence-corrected chi connectivity index (χ3v) is 5.72.